The molecule has 0 radical (unpaired) electrons. The molecular weight excluding hydrogens is 418 g/mol. The Morgan fingerprint density at radius 1 is 1.03 bits per heavy atom. The zero-order valence-corrected chi connectivity index (χ0v) is 18.7. The largest absolute Gasteiger partial charge is 0.383 e. The van der Waals surface area contributed by atoms with Crippen molar-refractivity contribution in [2.24, 2.45) is 0 Å². The predicted octanol–water partition coefficient (Wildman–Crippen LogP) is 2.18. The van der Waals surface area contributed by atoms with Crippen LogP contribution in [0.15, 0.2) is 70.3 Å². The average molecular weight is 448 g/mol. The summed E-state index contributed by atoms with van der Waals surface area (Å²) >= 11 is 0. The van der Waals surface area contributed by atoms with Crippen molar-refractivity contribution in [1.29, 1.82) is 0 Å². The fraction of sp³-hybridized carbons (Fsp3) is 0.320. The molecule has 1 aliphatic rings. The van der Waals surface area contributed by atoms with Crippen LogP contribution in [0.25, 0.3) is 0 Å². The summed E-state index contributed by atoms with van der Waals surface area (Å²) in [5, 5.41) is 0. The van der Waals surface area contributed by atoms with E-state index in [1.165, 1.54) is 4.57 Å². The fourth-order valence-electron chi connectivity index (χ4n) is 4.10. The van der Waals surface area contributed by atoms with Crippen molar-refractivity contribution < 1.29 is 4.79 Å². The van der Waals surface area contributed by atoms with Crippen LogP contribution in [0.2, 0.25) is 0 Å². The van der Waals surface area contributed by atoms with E-state index in [-0.39, 0.29) is 36.5 Å². The highest BCUT2D eigenvalue weighted by molar-refractivity contribution is 5.83. The maximum atomic E-state index is 13.2. The summed E-state index contributed by atoms with van der Waals surface area (Å²) in [6, 6.07) is 19.3. The van der Waals surface area contributed by atoms with Crippen molar-refractivity contribution in [3.63, 3.8) is 0 Å². The molecule has 1 aliphatic carbocycles. The van der Waals surface area contributed by atoms with Gasteiger partial charge in [-0.2, -0.15) is 0 Å². The van der Waals surface area contributed by atoms with Gasteiger partial charge >= 0.3 is 5.69 Å². The van der Waals surface area contributed by atoms with Gasteiger partial charge in [-0.1, -0.05) is 60.7 Å². The standard InChI is InChI=1S/C25H29N5O3/c1-2-29(20-13-14-20)21(31)17-28(15-18-9-5-3-6-10-18)22-23(26)30(25(33)27-24(22)32)16-19-11-7-4-8-12-19/h3-12,20H,2,13-17,26H2,1H3,(H,27,32,33). The maximum absolute atomic E-state index is 13.2. The number of nitrogens with zero attached hydrogens (tertiary/aromatic N) is 3. The Labute approximate surface area is 192 Å². The second-order valence-corrected chi connectivity index (χ2v) is 8.32. The highest BCUT2D eigenvalue weighted by atomic mass is 16.2. The molecule has 3 N–H and O–H groups in total. The summed E-state index contributed by atoms with van der Waals surface area (Å²) in [7, 11) is 0. The molecule has 4 rings (SSSR count). The number of H-pyrrole nitrogens is 1. The van der Waals surface area contributed by atoms with Gasteiger partial charge < -0.3 is 15.5 Å². The third-order valence-corrected chi connectivity index (χ3v) is 5.90. The normalized spacial score (nSPS) is 13.0. The minimum Gasteiger partial charge on any atom is -0.383 e. The van der Waals surface area contributed by atoms with Crippen LogP contribution < -0.4 is 21.9 Å². The van der Waals surface area contributed by atoms with Crippen molar-refractivity contribution >= 4 is 17.4 Å². The lowest BCUT2D eigenvalue weighted by atomic mass is 10.2. The number of hydrogen-bond acceptors (Lipinski definition) is 5. The maximum Gasteiger partial charge on any atom is 0.330 e. The number of anilines is 2. The van der Waals surface area contributed by atoms with Gasteiger partial charge in [0.1, 0.15) is 11.5 Å². The smallest absolute Gasteiger partial charge is 0.330 e. The summed E-state index contributed by atoms with van der Waals surface area (Å²) in [6.07, 6.45) is 2.01. The lowest BCUT2D eigenvalue weighted by Crippen LogP contribution is -2.44. The molecule has 0 saturated heterocycles. The second-order valence-electron chi connectivity index (χ2n) is 8.32. The summed E-state index contributed by atoms with van der Waals surface area (Å²) in [5.74, 6) is -0.0126. The number of nitrogens with two attached hydrogens (primary N) is 1. The van der Waals surface area contributed by atoms with Gasteiger partial charge in [0.15, 0.2) is 0 Å². The summed E-state index contributed by atoms with van der Waals surface area (Å²) < 4.78 is 1.34. The van der Waals surface area contributed by atoms with Gasteiger partial charge in [0.2, 0.25) is 5.91 Å². The van der Waals surface area contributed by atoms with Crippen LogP contribution in [0.5, 0.6) is 0 Å². The lowest BCUT2D eigenvalue weighted by molar-refractivity contribution is -0.130. The molecule has 0 unspecified atom stereocenters. The molecule has 1 fully saturated rings. The number of amides is 1. The Morgan fingerprint density at radius 3 is 2.21 bits per heavy atom. The first-order valence-electron chi connectivity index (χ1n) is 11.2. The van der Waals surface area contributed by atoms with Crippen LogP contribution >= 0.6 is 0 Å². The van der Waals surface area contributed by atoms with Crippen molar-refractivity contribution in [2.45, 2.75) is 38.9 Å². The number of nitrogen functional groups attached to an aromatic ring is 1. The number of aromatic nitrogens is 2. The molecular formula is C25H29N5O3. The van der Waals surface area contributed by atoms with Gasteiger partial charge in [-0.15, -0.1) is 0 Å². The number of aromatic amines is 1. The number of nitrogens with one attached hydrogen (secondary N) is 1. The van der Waals surface area contributed by atoms with Gasteiger partial charge in [-0.3, -0.25) is 19.1 Å². The molecule has 8 nitrogen and oxygen atoms in total. The van der Waals surface area contributed by atoms with E-state index in [4.69, 9.17) is 5.73 Å². The molecule has 0 atom stereocenters. The molecule has 0 spiro atoms. The molecule has 0 aliphatic heterocycles. The van der Waals surface area contributed by atoms with E-state index in [0.29, 0.717) is 13.1 Å². The number of rotatable bonds is 9. The minimum atomic E-state index is -0.597. The van der Waals surface area contributed by atoms with Gasteiger partial charge in [0.25, 0.3) is 5.56 Å². The molecule has 1 aromatic heterocycles. The monoisotopic (exact) mass is 447 g/mol. The molecule has 1 saturated carbocycles. The molecule has 1 heterocycles. The number of carbonyl (C=O) groups excluding carboxylic acids is 1. The summed E-state index contributed by atoms with van der Waals surface area (Å²) in [6.45, 7) is 3.09. The predicted molar refractivity (Wildman–Crippen MR) is 129 cm³/mol. The Bertz CT molecular complexity index is 1220. The van der Waals surface area contributed by atoms with E-state index >= 15 is 0 Å². The van der Waals surface area contributed by atoms with Crippen LogP contribution in [-0.2, 0) is 17.9 Å². The van der Waals surface area contributed by atoms with Crippen LogP contribution in [-0.4, -0.2) is 39.5 Å². The zero-order valence-electron chi connectivity index (χ0n) is 18.7. The van der Waals surface area contributed by atoms with E-state index in [2.05, 4.69) is 4.98 Å². The summed E-state index contributed by atoms with van der Waals surface area (Å²) in [4.78, 5) is 44.6. The summed E-state index contributed by atoms with van der Waals surface area (Å²) in [5.41, 5.74) is 7.18. The molecule has 1 amide bonds. The van der Waals surface area contributed by atoms with Gasteiger partial charge in [-0.05, 0) is 30.9 Å². The highest BCUT2D eigenvalue weighted by Gasteiger charge is 2.32. The average Bonchev–Trinajstić information content (AvgIpc) is 3.63. The first-order valence-corrected chi connectivity index (χ1v) is 11.2. The molecule has 8 heteroatoms. The first kappa shape index (κ1) is 22.4. The van der Waals surface area contributed by atoms with Crippen molar-refractivity contribution in [2.75, 3.05) is 23.7 Å². The Hall–Kier alpha value is -3.81. The van der Waals surface area contributed by atoms with Gasteiger partial charge in [-0.25, -0.2) is 4.79 Å². The number of hydrogen-bond donors (Lipinski definition) is 2. The number of carbonyl (C=O) groups is 1. The van der Waals surface area contributed by atoms with E-state index in [9.17, 15) is 14.4 Å². The first-order chi connectivity index (χ1) is 16.0. The zero-order chi connectivity index (χ0) is 23.4. The van der Waals surface area contributed by atoms with Crippen molar-refractivity contribution in [3.8, 4) is 0 Å². The fourth-order valence-corrected chi connectivity index (χ4v) is 4.10. The van der Waals surface area contributed by atoms with E-state index in [0.717, 1.165) is 24.0 Å². The third-order valence-electron chi connectivity index (χ3n) is 5.90. The van der Waals surface area contributed by atoms with Crippen LogP contribution in [0.1, 0.15) is 30.9 Å². The highest BCUT2D eigenvalue weighted by Crippen LogP contribution is 2.27. The van der Waals surface area contributed by atoms with Gasteiger partial charge in [0, 0.05) is 19.1 Å². The molecule has 3 aromatic rings. The second kappa shape index (κ2) is 9.77. The molecule has 2 aromatic carbocycles. The van der Waals surface area contributed by atoms with E-state index in [1.54, 1.807) is 4.90 Å². The van der Waals surface area contributed by atoms with Crippen LogP contribution in [0, 0.1) is 0 Å². The minimum absolute atomic E-state index is 0.00391. The van der Waals surface area contributed by atoms with E-state index < -0.39 is 11.2 Å². The number of benzene rings is 2. The SMILES string of the molecule is CCN(C(=O)CN(Cc1ccccc1)c1c(N)n(Cc2ccccc2)c(=O)[nH]c1=O)C1CC1. The molecule has 172 valence electrons. The van der Waals surface area contributed by atoms with Crippen molar-refractivity contribution in [1.82, 2.24) is 14.5 Å². The number of likely N-dealkylation sites (N-methyl/N-ethyl adjacent to an activating group) is 1. The topological polar surface area (TPSA) is 104 Å². The third kappa shape index (κ3) is 5.16. The molecule has 0 bridgehead atoms. The van der Waals surface area contributed by atoms with E-state index in [1.807, 2.05) is 72.5 Å². The molecule has 33 heavy (non-hydrogen) atoms. The Kier molecular flexibility index (Phi) is 6.63. The lowest BCUT2D eigenvalue weighted by Gasteiger charge is -2.29. The van der Waals surface area contributed by atoms with Crippen molar-refractivity contribution in [3.05, 3.63) is 92.6 Å². The Balaban J connectivity index is 1.73. The quantitative estimate of drug-likeness (QED) is 0.523. The van der Waals surface area contributed by atoms with Crippen LogP contribution in [0.3, 0.4) is 0 Å². The van der Waals surface area contributed by atoms with Crippen LogP contribution in [0.4, 0.5) is 11.5 Å². The van der Waals surface area contributed by atoms with Gasteiger partial charge in [0.05, 0.1) is 13.1 Å². The Morgan fingerprint density at radius 2 is 1.64 bits per heavy atom.